The van der Waals surface area contributed by atoms with Gasteiger partial charge in [0.15, 0.2) is 9.84 Å². The van der Waals surface area contributed by atoms with Crippen LogP contribution in [-0.2, 0) is 16.4 Å². The molecule has 1 aromatic rings. The lowest BCUT2D eigenvalue weighted by atomic mass is 10.4. The summed E-state index contributed by atoms with van der Waals surface area (Å²) in [4.78, 5) is 4.08. The minimum atomic E-state index is -3.13. The first-order chi connectivity index (χ1) is 5.54. The van der Waals surface area contributed by atoms with E-state index in [0.717, 1.165) is 6.26 Å². The maximum absolute atomic E-state index is 11.0. The third-order valence-electron chi connectivity index (χ3n) is 1.43. The molecule has 5 heteroatoms. The molecule has 0 aliphatic carbocycles. The van der Waals surface area contributed by atoms with Gasteiger partial charge in [-0.2, -0.15) is 0 Å². The molecule has 1 rings (SSSR count). The fraction of sp³-hybridized carbons (Fsp3) is 0.286. The SMILES string of the molecule is CS(=O)(=O)c1ccc(CN)nc1. The molecule has 0 unspecified atom stereocenters. The lowest BCUT2D eigenvalue weighted by Gasteiger charge is -1.98. The van der Waals surface area contributed by atoms with Crippen LogP contribution in [0.3, 0.4) is 0 Å². The average molecular weight is 186 g/mol. The normalized spacial score (nSPS) is 11.5. The molecule has 0 saturated carbocycles. The van der Waals surface area contributed by atoms with Crippen molar-refractivity contribution in [1.29, 1.82) is 0 Å². The van der Waals surface area contributed by atoms with E-state index in [9.17, 15) is 8.42 Å². The summed E-state index contributed by atoms with van der Waals surface area (Å²) in [6.45, 7) is 0.323. The molecule has 2 N–H and O–H groups in total. The van der Waals surface area contributed by atoms with Crippen LogP contribution in [0, 0.1) is 0 Å². The van der Waals surface area contributed by atoms with Gasteiger partial charge in [0, 0.05) is 19.0 Å². The summed E-state index contributed by atoms with van der Waals surface area (Å²) in [6, 6.07) is 3.11. The second-order valence-electron chi connectivity index (χ2n) is 2.46. The van der Waals surface area contributed by atoms with Gasteiger partial charge in [-0.25, -0.2) is 8.42 Å². The number of hydrogen-bond donors (Lipinski definition) is 1. The largest absolute Gasteiger partial charge is 0.325 e. The molecule has 0 atom stereocenters. The first-order valence-corrected chi connectivity index (χ1v) is 5.28. The van der Waals surface area contributed by atoms with Gasteiger partial charge in [0.2, 0.25) is 0 Å². The Labute approximate surface area is 71.3 Å². The van der Waals surface area contributed by atoms with Crippen LogP contribution in [0.5, 0.6) is 0 Å². The summed E-state index contributed by atoms with van der Waals surface area (Å²) >= 11 is 0. The van der Waals surface area contributed by atoms with Crippen molar-refractivity contribution in [3.05, 3.63) is 24.0 Å². The van der Waals surface area contributed by atoms with Gasteiger partial charge in [-0.3, -0.25) is 4.98 Å². The Bertz CT molecular complexity index is 355. The summed E-state index contributed by atoms with van der Waals surface area (Å²) in [5, 5.41) is 0. The number of rotatable bonds is 2. The number of sulfone groups is 1. The van der Waals surface area contributed by atoms with Gasteiger partial charge < -0.3 is 5.73 Å². The Morgan fingerprint density at radius 3 is 2.50 bits per heavy atom. The van der Waals surface area contributed by atoms with E-state index < -0.39 is 9.84 Å². The molecule has 1 aromatic heterocycles. The predicted octanol–water partition coefficient (Wildman–Crippen LogP) is -0.0562. The van der Waals surface area contributed by atoms with Crippen molar-refractivity contribution in [2.75, 3.05) is 6.26 Å². The molecule has 0 aliphatic heterocycles. The van der Waals surface area contributed by atoms with Crippen molar-refractivity contribution >= 4 is 9.84 Å². The summed E-state index contributed by atoms with van der Waals surface area (Å²) in [6.07, 6.45) is 2.46. The molecule has 1 heterocycles. The number of nitrogens with zero attached hydrogens (tertiary/aromatic N) is 1. The average Bonchev–Trinajstić information content (AvgIpc) is 2.03. The molecule has 0 aromatic carbocycles. The number of pyridine rings is 1. The smallest absolute Gasteiger partial charge is 0.177 e. The highest BCUT2D eigenvalue weighted by atomic mass is 32.2. The zero-order chi connectivity index (χ0) is 9.19. The Kier molecular flexibility index (Phi) is 2.44. The molecule has 12 heavy (non-hydrogen) atoms. The molecule has 0 spiro atoms. The van der Waals surface area contributed by atoms with Crippen LogP contribution >= 0.6 is 0 Å². The van der Waals surface area contributed by atoms with Crippen molar-refractivity contribution < 1.29 is 8.42 Å². The number of aromatic nitrogens is 1. The minimum absolute atomic E-state index is 0.222. The van der Waals surface area contributed by atoms with Crippen LogP contribution in [-0.4, -0.2) is 19.7 Å². The summed E-state index contributed by atoms with van der Waals surface area (Å²) in [5.41, 5.74) is 5.98. The number of nitrogens with two attached hydrogens (primary N) is 1. The molecule has 66 valence electrons. The first-order valence-electron chi connectivity index (χ1n) is 3.39. The van der Waals surface area contributed by atoms with Crippen LogP contribution in [0.25, 0.3) is 0 Å². The van der Waals surface area contributed by atoms with Crippen LogP contribution in [0.15, 0.2) is 23.2 Å². The fourth-order valence-electron chi connectivity index (χ4n) is 0.751. The van der Waals surface area contributed by atoms with Crippen molar-refractivity contribution in [3.63, 3.8) is 0 Å². The van der Waals surface area contributed by atoms with Crippen LogP contribution in [0.4, 0.5) is 0 Å². The number of hydrogen-bond acceptors (Lipinski definition) is 4. The van der Waals surface area contributed by atoms with Crippen LogP contribution < -0.4 is 5.73 Å². The minimum Gasteiger partial charge on any atom is -0.325 e. The molecule has 0 saturated heterocycles. The first kappa shape index (κ1) is 9.15. The van der Waals surface area contributed by atoms with Crippen LogP contribution in [0.2, 0.25) is 0 Å². The third kappa shape index (κ3) is 2.02. The van der Waals surface area contributed by atoms with E-state index in [1.165, 1.54) is 12.3 Å². The molecule has 0 aliphatic rings. The predicted molar refractivity (Wildman–Crippen MR) is 45.2 cm³/mol. The monoisotopic (exact) mass is 186 g/mol. The van der Waals surface area contributed by atoms with Gasteiger partial charge in [0.25, 0.3) is 0 Å². The highest BCUT2D eigenvalue weighted by molar-refractivity contribution is 7.90. The van der Waals surface area contributed by atoms with E-state index in [4.69, 9.17) is 5.73 Å². The van der Waals surface area contributed by atoms with Gasteiger partial charge in [-0.1, -0.05) is 0 Å². The molecule has 0 radical (unpaired) electrons. The van der Waals surface area contributed by atoms with E-state index in [1.807, 2.05) is 0 Å². The standard InChI is InChI=1S/C7H10N2O2S/c1-12(10,11)7-3-2-6(4-8)9-5-7/h2-3,5H,4,8H2,1H3. The lowest BCUT2D eigenvalue weighted by molar-refractivity contribution is 0.601. The van der Waals surface area contributed by atoms with Crippen molar-refractivity contribution in [1.82, 2.24) is 4.98 Å². The molecular formula is C7H10N2O2S. The summed E-state index contributed by atoms with van der Waals surface area (Å²) < 4.78 is 21.9. The van der Waals surface area contributed by atoms with Crippen molar-refractivity contribution in [2.45, 2.75) is 11.4 Å². The van der Waals surface area contributed by atoms with Crippen molar-refractivity contribution in [2.24, 2.45) is 5.73 Å². The quantitative estimate of drug-likeness (QED) is 0.702. The van der Waals surface area contributed by atoms with Gasteiger partial charge in [0.1, 0.15) is 0 Å². The van der Waals surface area contributed by atoms with E-state index in [0.29, 0.717) is 12.2 Å². The zero-order valence-corrected chi connectivity index (χ0v) is 7.50. The van der Waals surface area contributed by atoms with E-state index >= 15 is 0 Å². The van der Waals surface area contributed by atoms with Crippen molar-refractivity contribution in [3.8, 4) is 0 Å². The Morgan fingerprint density at radius 2 is 2.17 bits per heavy atom. The Morgan fingerprint density at radius 1 is 1.50 bits per heavy atom. The fourth-order valence-corrected chi connectivity index (χ4v) is 1.31. The third-order valence-corrected chi connectivity index (χ3v) is 2.53. The topological polar surface area (TPSA) is 73.0 Å². The highest BCUT2D eigenvalue weighted by Gasteiger charge is 2.05. The lowest BCUT2D eigenvalue weighted by Crippen LogP contribution is -2.02. The molecule has 4 nitrogen and oxygen atoms in total. The van der Waals surface area contributed by atoms with E-state index in [2.05, 4.69) is 4.98 Å². The second-order valence-corrected chi connectivity index (χ2v) is 4.48. The summed E-state index contributed by atoms with van der Waals surface area (Å²) in [5.74, 6) is 0. The van der Waals surface area contributed by atoms with Gasteiger partial charge in [-0.15, -0.1) is 0 Å². The Balaban J connectivity index is 3.09. The van der Waals surface area contributed by atoms with Crippen LogP contribution in [0.1, 0.15) is 5.69 Å². The van der Waals surface area contributed by atoms with Gasteiger partial charge in [-0.05, 0) is 12.1 Å². The Hall–Kier alpha value is -0.940. The van der Waals surface area contributed by atoms with E-state index in [-0.39, 0.29) is 4.90 Å². The maximum Gasteiger partial charge on any atom is 0.177 e. The zero-order valence-electron chi connectivity index (χ0n) is 6.69. The molecule has 0 fully saturated rings. The molecule has 0 bridgehead atoms. The van der Waals surface area contributed by atoms with E-state index in [1.54, 1.807) is 6.07 Å². The highest BCUT2D eigenvalue weighted by Crippen LogP contribution is 2.06. The van der Waals surface area contributed by atoms with Gasteiger partial charge in [0.05, 0.1) is 10.6 Å². The summed E-state index contributed by atoms with van der Waals surface area (Å²) in [7, 11) is -3.13. The maximum atomic E-state index is 11.0. The second kappa shape index (κ2) is 3.20. The van der Waals surface area contributed by atoms with Gasteiger partial charge >= 0.3 is 0 Å². The molecular weight excluding hydrogens is 176 g/mol. The molecule has 0 amide bonds.